The molecule has 0 aliphatic carbocycles. The van der Waals surface area contributed by atoms with Crippen molar-refractivity contribution in [3.8, 4) is 5.75 Å². The van der Waals surface area contributed by atoms with E-state index in [0.29, 0.717) is 17.0 Å². The van der Waals surface area contributed by atoms with Crippen LogP contribution in [0.2, 0.25) is 0 Å². The van der Waals surface area contributed by atoms with Gasteiger partial charge in [-0.25, -0.2) is 0 Å². The van der Waals surface area contributed by atoms with Gasteiger partial charge in [0.1, 0.15) is 11.8 Å². The number of nitrogens with two attached hydrogens (primary N) is 1. The second-order valence-electron chi connectivity index (χ2n) is 5.89. The summed E-state index contributed by atoms with van der Waals surface area (Å²) in [5, 5.41) is 5.45. The van der Waals surface area contributed by atoms with Crippen molar-refractivity contribution in [2.45, 2.75) is 39.3 Å². The minimum atomic E-state index is -0.654. The second kappa shape index (κ2) is 6.47. The van der Waals surface area contributed by atoms with Crippen LogP contribution in [0, 0.1) is 0 Å². The molecule has 0 fully saturated rings. The van der Waals surface area contributed by atoms with Gasteiger partial charge in [0.05, 0.1) is 12.7 Å². The van der Waals surface area contributed by atoms with Gasteiger partial charge in [-0.2, -0.15) is 0 Å². The first-order valence-corrected chi connectivity index (χ1v) is 6.70. The molecule has 21 heavy (non-hydrogen) atoms. The molecule has 0 aliphatic heterocycles. The molecular formula is C15H23N3O3. The fraction of sp³-hybridized carbons (Fsp3) is 0.467. The maximum absolute atomic E-state index is 12.2. The Morgan fingerprint density at radius 3 is 2.43 bits per heavy atom. The lowest BCUT2D eigenvalue weighted by atomic mass is 10.1. The van der Waals surface area contributed by atoms with Crippen LogP contribution in [0.4, 0.5) is 5.69 Å². The van der Waals surface area contributed by atoms with Crippen molar-refractivity contribution in [3.63, 3.8) is 0 Å². The molecule has 0 heterocycles. The number of amides is 2. The maximum Gasteiger partial charge on any atom is 0.255 e. The van der Waals surface area contributed by atoms with Crippen LogP contribution in [-0.2, 0) is 4.79 Å². The summed E-state index contributed by atoms with van der Waals surface area (Å²) in [6.45, 7) is 7.26. The first-order chi connectivity index (χ1) is 9.64. The van der Waals surface area contributed by atoms with Crippen molar-refractivity contribution >= 4 is 17.5 Å². The number of rotatable bonds is 4. The lowest BCUT2D eigenvalue weighted by molar-refractivity contribution is -0.124. The Morgan fingerprint density at radius 1 is 1.29 bits per heavy atom. The molecule has 0 saturated heterocycles. The zero-order valence-corrected chi connectivity index (χ0v) is 13.1. The van der Waals surface area contributed by atoms with E-state index in [-0.39, 0.29) is 17.4 Å². The monoisotopic (exact) mass is 293 g/mol. The highest BCUT2D eigenvalue weighted by Crippen LogP contribution is 2.21. The van der Waals surface area contributed by atoms with Crippen molar-refractivity contribution in [2.75, 3.05) is 12.8 Å². The fourth-order valence-electron chi connectivity index (χ4n) is 1.71. The number of hydrogen-bond donors (Lipinski definition) is 3. The second-order valence-corrected chi connectivity index (χ2v) is 5.89. The maximum atomic E-state index is 12.2. The van der Waals surface area contributed by atoms with E-state index in [4.69, 9.17) is 10.5 Å². The zero-order valence-electron chi connectivity index (χ0n) is 13.1. The van der Waals surface area contributed by atoms with Crippen LogP contribution in [0.1, 0.15) is 38.1 Å². The molecule has 4 N–H and O–H groups in total. The zero-order chi connectivity index (χ0) is 16.2. The van der Waals surface area contributed by atoms with Gasteiger partial charge < -0.3 is 21.1 Å². The first kappa shape index (κ1) is 16.8. The fourth-order valence-corrected chi connectivity index (χ4v) is 1.71. The average Bonchev–Trinajstić information content (AvgIpc) is 2.36. The molecule has 0 aromatic heterocycles. The van der Waals surface area contributed by atoms with Crippen molar-refractivity contribution in [3.05, 3.63) is 23.8 Å². The Kier molecular flexibility index (Phi) is 5.18. The molecule has 0 aliphatic rings. The van der Waals surface area contributed by atoms with Crippen molar-refractivity contribution in [1.29, 1.82) is 0 Å². The van der Waals surface area contributed by atoms with Gasteiger partial charge in [0.15, 0.2) is 0 Å². The molecule has 0 bridgehead atoms. The van der Waals surface area contributed by atoms with Gasteiger partial charge in [-0.1, -0.05) is 0 Å². The number of methoxy groups -OCH3 is 1. The van der Waals surface area contributed by atoms with Crippen molar-refractivity contribution in [2.24, 2.45) is 0 Å². The third kappa shape index (κ3) is 4.98. The summed E-state index contributed by atoms with van der Waals surface area (Å²) in [5.41, 5.74) is 6.13. The predicted molar refractivity (Wildman–Crippen MR) is 82.2 cm³/mol. The summed E-state index contributed by atoms with van der Waals surface area (Å²) >= 11 is 0. The smallest absolute Gasteiger partial charge is 0.255 e. The van der Waals surface area contributed by atoms with Crippen LogP contribution in [-0.4, -0.2) is 30.5 Å². The molecule has 0 spiro atoms. The van der Waals surface area contributed by atoms with Gasteiger partial charge in [0.2, 0.25) is 5.91 Å². The van der Waals surface area contributed by atoms with Crippen LogP contribution in [0.15, 0.2) is 18.2 Å². The largest absolute Gasteiger partial charge is 0.496 e. The molecule has 116 valence electrons. The Bertz CT molecular complexity index is 535. The van der Waals surface area contributed by atoms with E-state index in [0.717, 1.165) is 0 Å². The van der Waals surface area contributed by atoms with Crippen LogP contribution >= 0.6 is 0 Å². The molecule has 1 unspecified atom stereocenters. The summed E-state index contributed by atoms with van der Waals surface area (Å²) in [5.74, 6) is -0.260. The summed E-state index contributed by atoms with van der Waals surface area (Å²) in [6.07, 6.45) is 0. The lowest BCUT2D eigenvalue weighted by Crippen LogP contribution is -2.50. The number of benzene rings is 1. The molecule has 1 aromatic carbocycles. The van der Waals surface area contributed by atoms with E-state index in [1.807, 2.05) is 20.8 Å². The van der Waals surface area contributed by atoms with Gasteiger partial charge in [0.25, 0.3) is 5.91 Å². The highest BCUT2D eigenvalue weighted by atomic mass is 16.5. The third-order valence-electron chi connectivity index (χ3n) is 2.71. The number of nitrogens with one attached hydrogen (secondary N) is 2. The van der Waals surface area contributed by atoms with Crippen LogP contribution in [0.25, 0.3) is 0 Å². The van der Waals surface area contributed by atoms with Crippen molar-refractivity contribution in [1.82, 2.24) is 10.6 Å². The standard InChI is InChI=1S/C15H23N3O3/c1-9(13(19)18-15(2,3)4)17-14(20)11-7-6-10(16)8-12(11)21-5/h6-9H,16H2,1-5H3,(H,17,20)(H,18,19). The summed E-state index contributed by atoms with van der Waals surface area (Å²) in [6, 6.07) is 4.09. The topological polar surface area (TPSA) is 93.4 Å². The van der Waals surface area contributed by atoms with Gasteiger partial charge in [-0.15, -0.1) is 0 Å². The Labute approximate surface area is 125 Å². The molecular weight excluding hydrogens is 270 g/mol. The van der Waals surface area contributed by atoms with Gasteiger partial charge in [0, 0.05) is 17.3 Å². The van der Waals surface area contributed by atoms with Gasteiger partial charge >= 0.3 is 0 Å². The average molecular weight is 293 g/mol. The molecule has 6 nitrogen and oxygen atoms in total. The van der Waals surface area contributed by atoms with E-state index in [9.17, 15) is 9.59 Å². The van der Waals surface area contributed by atoms with Crippen LogP contribution < -0.4 is 21.1 Å². The van der Waals surface area contributed by atoms with Gasteiger partial charge in [-0.3, -0.25) is 9.59 Å². The number of carbonyl (C=O) groups excluding carboxylic acids is 2. The van der Waals surface area contributed by atoms with Crippen molar-refractivity contribution < 1.29 is 14.3 Å². The number of hydrogen-bond acceptors (Lipinski definition) is 4. The summed E-state index contributed by atoms with van der Waals surface area (Å²) in [4.78, 5) is 24.2. The molecule has 1 aromatic rings. The molecule has 6 heteroatoms. The Morgan fingerprint density at radius 2 is 1.90 bits per heavy atom. The normalized spacial score (nSPS) is 12.4. The first-order valence-electron chi connectivity index (χ1n) is 6.70. The highest BCUT2D eigenvalue weighted by Gasteiger charge is 2.22. The van der Waals surface area contributed by atoms with E-state index >= 15 is 0 Å². The van der Waals surface area contributed by atoms with Gasteiger partial charge in [-0.05, 0) is 39.8 Å². The third-order valence-corrected chi connectivity index (χ3v) is 2.71. The molecule has 2 amide bonds. The number of nitrogen functional groups attached to an aromatic ring is 1. The Hall–Kier alpha value is -2.24. The highest BCUT2D eigenvalue weighted by molar-refractivity contribution is 6.00. The molecule has 0 radical (unpaired) electrons. The van der Waals surface area contributed by atoms with E-state index in [2.05, 4.69) is 10.6 Å². The summed E-state index contributed by atoms with van der Waals surface area (Å²) in [7, 11) is 1.46. The predicted octanol–water partition coefficient (Wildman–Crippen LogP) is 1.31. The Balaban J connectivity index is 2.79. The summed E-state index contributed by atoms with van der Waals surface area (Å²) < 4.78 is 5.13. The SMILES string of the molecule is COc1cc(N)ccc1C(=O)NC(C)C(=O)NC(C)(C)C. The van der Waals surface area contributed by atoms with E-state index < -0.39 is 6.04 Å². The molecule has 1 rings (SSSR count). The van der Waals surface area contributed by atoms with E-state index in [1.165, 1.54) is 7.11 Å². The molecule has 1 atom stereocenters. The number of ether oxygens (including phenoxy) is 1. The lowest BCUT2D eigenvalue weighted by Gasteiger charge is -2.23. The minimum absolute atomic E-state index is 0.245. The quantitative estimate of drug-likeness (QED) is 0.730. The minimum Gasteiger partial charge on any atom is -0.496 e. The molecule has 0 saturated carbocycles. The number of anilines is 1. The van der Waals surface area contributed by atoms with E-state index in [1.54, 1.807) is 25.1 Å². The number of carbonyl (C=O) groups is 2. The van der Waals surface area contributed by atoms with Crippen LogP contribution in [0.5, 0.6) is 5.75 Å². The van der Waals surface area contributed by atoms with Crippen LogP contribution in [0.3, 0.4) is 0 Å².